The van der Waals surface area contributed by atoms with Crippen molar-refractivity contribution in [3.63, 3.8) is 0 Å². The van der Waals surface area contributed by atoms with Crippen LogP contribution in [0.3, 0.4) is 0 Å². The minimum atomic E-state index is -0.630. The van der Waals surface area contributed by atoms with Crippen LogP contribution >= 0.6 is 0 Å². The van der Waals surface area contributed by atoms with Crippen molar-refractivity contribution in [3.05, 3.63) is 35.1 Å². The molecule has 1 aromatic rings. The third-order valence-corrected chi connectivity index (χ3v) is 4.07. The highest BCUT2D eigenvalue weighted by molar-refractivity contribution is 5.89. The Hall–Kier alpha value is -1.42. The number of halogens is 1. The molecule has 0 saturated heterocycles. The molecule has 1 fully saturated rings. The highest BCUT2D eigenvalue weighted by Crippen LogP contribution is 2.23. The van der Waals surface area contributed by atoms with Gasteiger partial charge in [-0.3, -0.25) is 4.90 Å². The third kappa shape index (κ3) is 3.57. The average molecular weight is 279 g/mol. The van der Waals surface area contributed by atoms with E-state index in [2.05, 4.69) is 16.7 Å². The molecule has 1 aromatic carbocycles. The van der Waals surface area contributed by atoms with Gasteiger partial charge in [-0.1, -0.05) is 25.3 Å². The molecule has 0 aliphatic heterocycles. The number of rotatable bonds is 4. The van der Waals surface area contributed by atoms with Crippen molar-refractivity contribution in [1.82, 2.24) is 4.90 Å². The summed E-state index contributed by atoms with van der Waals surface area (Å²) in [5.41, 5.74) is 0.889. The lowest BCUT2D eigenvalue weighted by Crippen LogP contribution is -2.32. The Bertz CT molecular complexity index is 470. The first kappa shape index (κ1) is 15.0. The molecule has 0 aromatic heterocycles. The summed E-state index contributed by atoms with van der Waals surface area (Å²) >= 11 is 0. The van der Waals surface area contributed by atoms with E-state index in [0.717, 1.165) is 5.56 Å². The molecule has 110 valence electrons. The fraction of sp³-hybridized carbons (Fsp3) is 0.562. The summed E-state index contributed by atoms with van der Waals surface area (Å²) in [6.07, 6.45) is 6.33. The number of nitrogens with zero attached hydrogens (tertiary/aromatic N) is 1. The molecule has 1 saturated carbocycles. The van der Waals surface area contributed by atoms with E-state index in [1.54, 1.807) is 6.07 Å². The first-order valence-corrected chi connectivity index (χ1v) is 7.19. The second kappa shape index (κ2) is 6.84. The van der Waals surface area contributed by atoms with Gasteiger partial charge in [0.2, 0.25) is 0 Å². The Morgan fingerprint density at radius 1 is 1.35 bits per heavy atom. The lowest BCUT2D eigenvalue weighted by atomic mass is 9.94. The normalized spacial score (nSPS) is 16.4. The van der Waals surface area contributed by atoms with Crippen molar-refractivity contribution < 1.29 is 13.9 Å². The molecule has 0 atom stereocenters. The number of hydrogen-bond acceptors (Lipinski definition) is 3. The summed E-state index contributed by atoms with van der Waals surface area (Å²) < 4.78 is 18.4. The summed E-state index contributed by atoms with van der Waals surface area (Å²) in [5.74, 6) is -1.14. The largest absolute Gasteiger partial charge is 0.465 e. The topological polar surface area (TPSA) is 29.5 Å². The average Bonchev–Trinajstić information content (AvgIpc) is 2.47. The third-order valence-electron chi connectivity index (χ3n) is 4.07. The van der Waals surface area contributed by atoms with Crippen molar-refractivity contribution in [1.29, 1.82) is 0 Å². The first-order valence-electron chi connectivity index (χ1n) is 7.19. The summed E-state index contributed by atoms with van der Waals surface area (Å²) in [6.45, 7) is 0.711. The second-order valence-corrected chi connectivity index (χ2v) is 5.51. The molecule has 0 radical (unpaired) electrons. The quantitative estimate of drug-likeness (QED) is 0.791. The monoisotopic (exact) mass is 279 g/mol. The molecule has 0 bridgehead atoms. The van der Waals surface area contributed by atoms with Crippen LogP contribution in [0.1, 0.15) is 48.0 Å². The maximum Gasteiger partial charge on any atom is 0.340 e. The molecule has 2 rings (SSSR count). The SMILES string of the molecule is COC(=O)c1ccc(CN(C)C2CCCCC2)cc1F. The molecule has 0 N–H and O–H groups in total. The molecule has 1 aliphatic carbocycles. The maximum atomic E-state index is 13.9. The highest BCUT2D eigenvalue weighted by Gasteiger charge is 2.19. The standard InChI is InChI=1S/C16H22FNO2/c1-18(13-6-4-3-5-7-13)11-12-8-9-14(15(17)10-12)16(19)20-2/h8-10,13H,3-7,11H2,1-2H3. The van der Waals surface area contributed by atoms with Crippen molar-refractivity contribution in [2.75, 3.05) is 14.2 Å². The minimum absolute atomic E-state index is 0.00318. The van der Waals surface area contributed by atoms with Crippen molar-refractivity contribution in [2.24, 2.45) is 0 Å². The molecule has 3 nitrogen and oxygen atoms in total. The fourth-order valence-corrected chi connectivity index (χ4v) is 2.87. The summed E-state index contributed by atoms with van der Waals surface area (Å²) in [4.78, 5) is 13.6. The van der Waals surface area contributed by atoms with Gasteiger partial charge < -0.3 is 4.74 Å². The van der Waals surface area contributed by atoms with Gasteiger partial charge in [-0.25, -0.2) is 9.18 Å². The fourth-order valence-electron chi connectivity index (χ4n) is 2.87. The summed E-state index contributed by atoms with van der Waals surface area (Å²) in [7, 11) is 3.34. The van der Waals surface area contributed by atoms with E-state index in [4.69, 9.17) is 0 Å². The number of hydrogen-bond donors (Lipinski definition) is 0. The lowest BCUT2D eigenvalue weighted by Gasteiger charge is -2.31. The zero-order chi connectivity index (χ0) is 14.5. The van der Waals surface area contributed by atoms with Crippen molar-refractivity contribution in [3.8, 4) is 0 Å². The van der Waals surface area contributed by atoms with E-state index in [0.29, 0.717) is 12.6 Å². The van der Waals surface area contributed by atoms with Crippen LogP contribution in [0.5, 0.6) is 0 Å². The van der Waals surface area contributed by atoms with E-state index in [-0.39, 0.29) is 5.56 Å². The molecule has 0 amide bonds. The van der Waals surface area contributed by atoms with Gasteiger partial charge in [-0.05, 0) is 37.6 Å². The van der Waals surface area contributed by atoms with Crippen LogP contribution in [-0.4, -0.2) is 31.1 Å². The Balaban J connectivity index is 2.02. The van der Waals surface area contributed by atoms with Crippen LogP contribution in [0.25, 0.3) is 0 Å². The molecule has 0 spiro atoms. The van der Waals surface area contributed by atoms with Crippen molar-refractivity contribution in [2.45, 2.75) is 44.7 Å². The minimum Gasteiger partial charge on any atom is -0.465 e. The van der Waals surface area contributed by atoms with E-state index >= 15 is 0 Å². The smallest absolute Gasteiger partial charge is 0.340 e. The molecule has 4 heteroatoms. The van der Waals surface area contributed by atoms with Gasteiger partial charge in [0, 0.05) is 12.6 Å². The summed E-state index contributed by atoms with van der Waals surface area (Å²) in [6, 6.07) is 5.33. The number of benzene rings is 1. The zero-order valence-corrected chi connectivity index (χ0v) is 12.2. The molecule has 0 heterocycles. The van der Waals surface area contributed by atoms with Crippen LogP contribution < -0.4 is 0 Å². The number of methoxy groups -OCH3 is 1. The lowest BCUT2D eigenvalue weighted by molar-refractivity contribution is 0.0595. The zero-order valence-electron chi connectivity index (χ0n) is 12.2. The predicted molar refractivity (Wildman–Crippen MR) is 76.1 cm³/mol. The molecule has 0 unspecified atom stereocenters. The second-order valence-electron chi connectivity index (χ2n) is 5.51. The van der Waals surface area contributed by atoms with Crippen LogP contribution in [0.2, 0.25) is 0 Å². The Morgan fingerprint density at radius 2 is 2.05 bits per heavy atom. The van der Waals surface area contributed by atoms with E-state index in [9.17, 15) is 9.18 Å². The van der Waals surface area contributed by atoms with Gasteiger partial charge in [0.05, 0.1) is 12.7 Å². The van der Waals surface area contributed by atoms with Crippen molar-refractivity contribution >= 4 is 5.97 Å². The molecule has 1 aliphatic rings. The molecular weight excluding hydrogens is 257 g/mol. The van der Waals surface area contributed by atoms with E-state index < -0.39 is 11.8 Å². The van der Waals surface area contributed by atoms with Gasteiger partial charge >= 0.3 is 5.97 Å². The van der Waals surface area contributed by atoms with Gasteiger partial charge in [0.1, 0.15) is 5.82 Å². The Kier molecular flexibility index (Phi) is 5.12. The van der Waals surface area contributed by atoms with Gasteiger partial charge in [0.25, 0.3) is 0 Å². The van der Waals surface area contributed by atoms with Crippen LogP contribution in [0.4, 0.5) is 4.39 Å². The first-order chi connectivity index (χ1) is 9.61. The number of esters is 1. The number of carbonyl (C=O) groups is 1. The highest BCUT2D eigenvalue weighted by atomic mass is 19.1. The van der Waals surface area contributed by atoms with Crippen LogP contribution in [0.15, 0.2) is 18.2 Å². The van der Waals surface area contributed by atoms with Crippen LogP contribution in [0, 0.1) is 5.82 Å². The van der Waals surface area contributed by atoms with Gasteiger partial charge in [0.15, 0.2) is 0 Å². The van der Waals surface area contributed by atoms with E-state index in [1.807, 2.05) is 0 Å². The Labute approximate surface area is 119 Å². The van der Waals surface area contributed by atoms with Crippen LogP contribution in [-0.2, 0) is 11.3 Å². The predicted octanol–water partition coefficient (Wildman–Crippen LogP) is 3.38. The summed E-state index contributed by atoms with van der Waals surface area (Å²) in [5, 5.41) is 0. The number of carbonyl (C=O) groups excluding carboxylic acids is 1. The van der Waals surface area contributed by atoms with E-state index in [1.165, 1.54) is 51.3 Å². The number of ether oxygens (including phenoxy) is 1. The Morgan fingerprint density at radius 3 is 2.65 bits per heavy atom. The maximum absolute atomic E-state index is 13.9. The van der Waals surface area contributed by atoms with Gasteiger partial charge in [-0.2, -0.15) is 0 Å². The van der Waals surface area contributed by atoms with Gasteiger partial charge in [-0.15, -0.1) is 0 Å². The molecular formula is C16H22FNO2. The molecule has 20 heavy (non-hydrogen) atoms.